The molecule has 3 amide bonds. The zero-order valence-corrected chi connectivity index (χ0v) is 80.3. The molecule has 0 saturated carbocycles. The fraction of sp³-hybridized carbons (Fsp3) is 0.900. The summed E-state index contributed by atoms with van der Waals surface area (Å²) in [7, 11) is 2.71. The van der Waals surface area contributed by atoms with Crippen LogP contribution in [0.1, 0.15) is 329 Å². The van der Waals surface area contributed by atoms with Crippen molar-refractivity contribution < 1.29 is 43.0 Å². The molecule has 0 saturated heterocycles. The zero-order valence-electron chi connectivity index (χ0n) is 80.3. The average molecular weight is 1620 g/mol. The van der Waals surface area contributed by atoms with Gasteiger partial charge in [-0.3, -0.25) is 43.5 Å². The third kappa shape index (κ3) is 121. The van der Waals surface area contributed by atoms with Crippen LogP contribution >= 0.6 is 0 Å². The first-order valence-electron chi connectivity index (χ1n) is 44.7. The number of hydrogen-bond donors (Lipinski definition) is 8. The highest BCUT2D eigenvalue weighted by atomic mass is 16.5. The molecule has 682 valence electrons. The number of rotatable bonds is 55. The zero-order chi connectivity index (χ0) is 89.5. The van der Waals surface area contributed by atoms with Crippen LogP contribution in [0.25, 0.3) is 0 Å². The number of amides is 3. The molecule has 0 unspecified atom stereocenters. The van der Waals surface area contributed by atoms with E-state index in [4.69, 9.17) is 33.4 Å². The van der Waals surface area contributed by atoms with Gasteiger partial charge in [-0.25, -0.2) is 4.79 Å². The quantitative estimate of drug-likeness (QED) is 0.0159. The Morgan fingerprint density at radius 2 is 0.752 bits per heavy atom. The summed E-state index contributed by atoms with van der Waals surface area (Å²) in [6.07, 6.45) is 19.1. The van der Waals surface area contributed by atoms with Crippen molar-refractivity contribution in [1.82, 2.24) is 45.3 Å². The molecular weight excluding hydrogens is 1420 g/mol. The van der Waals surface area contributed by atoms with Gasteiger partial charge in [-0.2, -0.15) is 0 Å². The molecule has 0 aromatic rings. The Morgan fingerprint density at radius 3 is 1.13 bits per heavy atom. The molecular formula is C90H198N14O9. The summed E-state index contributed by atoms with van der Waals surface area (Å²) in [5.41, 5.74) is 25.8. The number of carbonyl (C=O) groups excluding carboxylic acids is 7. The molecule has 0 aliphatic heterocycles. The fourth-order valence-electron chi connectivity index (χ4n) is 9.62. The van der Waals surface area contributed by atoms with Crippen molar-refractivity contribution in [3.8, 4) is 0 Å². The Balaban J connectivity index is -0.000000294. The van der Waals surface area contributed by atoms with E-state index in [1.54, 1.807) is 0 Å². The minimum atomic E-state index is -0.394. The van der Waals surface area contributed by atoms with E-state index in [-0.39, 0.29) is 35.5 Å². The predicted molar refractivity (Wildman–Crippen MR) is 490 cm³/mol. The number of ketones is 2. The van der Waals surface area contributed by atoms with Crippen molar-refractivity contribution in [2.45, 2.75) is 365 Å². The Morgan fingerprint density at radius 1 is 0.363 bits per heavy atom. The summed E-state index contributed by atoms with van der Waals surface area (Å²) >= 11 is 0. The van der Waals surface area contributed by atoms with E-state index in [0.717, 1.165) is 90.2 Å². The number of nitrogens with zero attached hydrogens (tertiary/aromatic N) is 6. The molecule has 0 aliphatic rings. The maximum atomic E-state index is 14.1. The molecule has 23 nitrogen and oxygen atoms in total. The van der Waals surface area contributed by atoms with Gasteiger partial charge in [-0.05, 0) is 141 Å². The van der Waals surface area contributed by atoms with E-state index >= 15 is 0 Å². The Hall–Kier alpha value is -4.01. The van der Waals surface area contributed by atoms with E-state index in [2.05, 4.69) is 199 Å². The monoisotopic (exact) mass is 1620 g/mol. The minimum absolute atomic E-state index is 0.0394. The highest BCUT2D eigenvalue weighted by Crippen LogP contribution is 2.13. The number of ether oxygens (including phenoxy) is 2. The second-order valence-corrected chi connectivity index (χ2v) is 32.9. The smallest absolute Gasteiger partial charge is 0.329 e. The van der Waals surface area contributed by atoms with Crippen LogP contribution < -0.4 is 44.6 Å². The van der Waals surface area contributed by atoms with Gasteiger partial charge < -0.3 is 68.8 Å². The highest BCUT2D eigenvalue weighted by molar-refractivity contribution is 5.81. The number of carbonyl (C=O) groups is 7. The number of esters is 2. The van der Waals surface area contributed by atoms with Crippen LogP contribution in [0.2, 0.25) is 0 Å². The minimum Gasteiger partial charge on any atom is -0.469 e. The largest absolute Gasteiger partial charge is 0.469 e. The van der Waals surface area contributed by atoms with Crippen LogP contribution in [0, 0.1) is 23.7 Å². The number of methoxy groups -OCH3 is 2. The Bertz CT molecular complexity index is 1990. The Labute approximate surface area is 701 Å². The lowest BCUT2D eigenvalue weighted by Gasteiger charge is -2.33. The first kappa shape index (κ1) is 130. The van der Waals surface area contributed by atoms with Crippen molar-refractivity contribution in [1.29, 1.82) is 0 Å². The lowest BCUT2D eigenvalue weighted by atomic mass is 10.0. The molecule has 0 aromatic heterocycles. The van der Waals surface area contributed by atoms with Gasteiger partial charge >= 0.3 is 11.9 Å². The van der Waals surface area contributed by atoms with Crippen molar-refractivity contribution >= 4 is 41.2 Å². The molecule has 0 radical (unpaired) electrons. The van der Waals surface area contributed by atoms with Gasteiger partial charge in [-0.15, -0.1) is 0 Å². The van der Waals surface area contributed by atoms with Crippen LogP contribution in [0.15, 0.2) is 12.7 Å². The summed E-state index contributed by atoms with van der Waals surface area (Å²) in [5.74, 6) is 2.19. The molecule has 0 rings (SSSR count). The molecule has 0 spiro atoms. The van der Waals surface area contributed by atoms with Gasteiger partial charge in [0.25, 0.3) is 0 Å². The summed E-state index contributed by atoms with van der Waals surface area (Å²) in [6, 6.07) is 1.93. The van der Waals surface area contributed by atoms with Gasteiger partial charge in [0.2, 0.25) is 17.7 Å². The first-order chi connectivity index (χ1) is 53.0. The number of unbranched alkanes of at least 4 members (excludes halogenated alkanes) is 3. The summed E-state index contributed by atoms with van der Waals surface area (Å²) in [5, 5.41) is 9.90. The van der Waals surface area contributed by atoms with Gasteiger partial charge in [0.1, 0.15) is 11.6 Å². The van der Waals surface area contributed by atoms with Gasteiger partial charge in [-0.1, -0.05) is 204 Å². The first-order valence-corrected chi connectivity index (χ1v) is 44.7. The molecule has 113 heavy (non-hydrogen) atoms. The summed E-state index contributed by atoms with van der Waals surface area (Å²) in [6.45, 7) is 75.1. The van der Waals surface area contributed by atoms with Gasteiger partial charge in [0.15, 0.2) is 0 Å². The second-order valence-electron chi connectivity index (χ2n) is 32.9. The predicted octanol–water partition coefficient (Wildman–Crippen LogP) is 14.9. The van der Waals surface area contributed by atoms with E-state index < -0.39 is 5.97 Å². The van der Waals surface area contributed by atoms with Gasteiger partial charge in [0, 0.05) is 180 Å². The molecule has 0 heterocycles. The lowest BCUT2D eigenvalue weighted by molar-refractivity contribution is -0.141. The molecule has 0 aliphatic carbocycles. The van der Waals surface area contributed by atoms with Crippen molar-refractivity contribution in [2.75, 3.05) is 145 Å². The molecule has 0 fully saturated rings. The number of Topliss-reactive ketones (excluding diaryl/α,β-unsaturated/α-hetero) is 2. The third-order valence-electron chi connectivity index (χ3n) is 15.7. The number of nitrogens with two attached hydrogens (primary N) is 5. The average Bonchev–Trinajstić information content (AvgIpc) is 0.897. The van der Waals surface area contributed by atoms with Crippen molar-refractivity contribution in [3.05, 3.63) is 12.7 Å². The number of hydrogen-bond acceptors (Lipinski definition) is 20. The van der Waals surface area contributed by atoms with Crippen LogP contribution in [0.5, 0.6) is 0 Å². The maximum absolute atomic E-state index is 14.1. The SMILES string of the molecule is C=CC(=O)OC.CC(C)N.CC(C)N.CC(C)N.CCC.CCC.CCC.CCC.COC(=O)CCN(CCNCCC(=O)NCCN(CCN(C(C)C)C(C)C)C(=O)CCNCCN(CCC(=O)CCC(C)C)CCN(CCCCC(C)C)C(=O)CCN(CCC(=O)CCC(C)C)CCC(C)C)C(C)C.NCCCCCN. The van der Waals surface area contributed by atoms with E-state index in [1.807, 2.05) is 51.3 Å². The summed E-state index contributed by atoms with van der Waals surface area (Å²) < 4.78 is 8.94. The van der Waals surface area contributed by atoms with Crippen LogP contribution in [0.4, 0.5) is 0 Å². The molecule has 13 N–H and O–H groups in total. The van der Waals surface area contributed by atoms with E-state index in [1.165, 1.54) is 46.3 Å². The van der Waals surface area contributed by atoms with E-state index in [0.29, 0.717) is 209 Å². The maximum Gasteiger partial charge on any atom is 0.329 e. The highest BCUT2D eigenvalue weighted by Gasteiger charge is 2.22. The van der Waals surface area contributed by atoms with E-state index in [9.17, 15) is 33.6 Å². The molecule has 0 aromatic carbocycles. The van der Waals surface area contributed by atoms with Crippen LogP contribution in [0.3, 0.4) is 0 Å². The van der Waals surface area contributed by atoms with Crippen molar-refractivity contribution in [2.24, 2.45) is 52.3 Å². The molecule has 0 atom stereocenters. The normalized spacial score (nSPS) is 10.7. The number of nitrogens with one attached hydrogen (secondary N) is 3. The second kappa shape index (κ2) is 98.6. The topological polar surface area (TPSA) is 324 Å². The third-order valence-corrected chi connectivity index (χ3v) is 15.7. The molecule has 0 bridgehead atoms. The summed E-state index contributed by atoms with van der Waals surface area (Å²) in [4.78, 5) is 101. The fourth-order valence-corrected chi connectivity index (χ4v) is 9.62. The molecule has 23 heteroatoms. The van der Waals surface area contributed by atoms with Crippen LogP contribution in [-0.4, -0.2) is 252 Å². The van der Waals surface area contributed by atoms with Crippen LogP contribution in [-0.2, 0) is 43.0 Å². The standard InChI is InChI=1S/C60H119N9O7.C5H14N2.C4H6O2.3C3H9N.4C3H8/c1-48(2)18-16-17-35-67(59(74)28-39-64(36-25-51(7)8)37-26-55(70)21-19-49(3)4)45-44-65(38-27-56(71)22-20-50(5)6)41-32-62-31-24-58(73)68(46-47-69(53(11)12)54(13)14)43-34-63-57(72)23-30-61-33-42-66(52(9)10)40-29-60(75)76-15;6-4-2-1-3-5-7;1-3-4(5)6-2;3*1-3(2)4;4*1-3-2/h48-54,61-62H,16-47H2,1-15H3,(H,63,72);1-7H2;3H,1H2,2H3;3*3H,4H2,1-2H3;4*3H2,1-2H3. The van der Waals surface area contributed by atoms with Gasteiger partial charge in [0.05, 0.1) is 20.6 Å². The Kier molecular flexibility index (Phi) is 113. The van der Waals surface area contributed by atoms with Crippen molar-refractivity contribution in [3.63, 3.8) is 0 Å². The lowest BCUT2D eigenvalue weighted by Crippen LogP contribution is -2.46.